The van der Waals surface area contributed by atoms with Crippen molar-refractivity contribution in [2.75, 3.05) is 21.7 Å². The summed E-state index contributed by atoms with van der Waals surface area (Å²) in [6.07, 6.45) is 5.34. The molecule has 9 nitrogen and oxygen atoms in total. The van der Waals surface area contributed by atoms with Crippen LogP contribution in [0.5, 0.6) is 0 Å². The maximum Gasteiger partial charge on any atom is 0.323 e. The summed E-state index contributed by atoms with van der Waals surface area (Å²) in [6.45, 7) is 0. The number of nitrogens with one attached hydrogen (secondary N) is 3. The van der Waals surface area contributed by atoms with Crippen molar-refractivity contribution >= 4 is 56.2 Å². The van der Waals surface area contributed by atoms with Crippen molar-refractivity contribution in [1.82, 2.24) is 14.8 Å². The molecule has 5 N–H and O–H groups in total. The molecule has 0 bridgehead atoms. The van der Waals surface area contributed by atoms with E-state index >= 15 is 0 Å². The van der Waals surface area contributed by atoms with E-state index in [2.05, 4.69) is 26.0 Å². The van der Waals surface area contributed by atoms with E-state index in [1.54, 1.807) is 58.9 Å². The first-order chi connectivity index (χ1) is 17.0. The van der Waals surface area contributed by atoms with E-state index in [9.17, 15) is 9.59 Å². The van der Waals surface area contributed by atoms with Crippen LogP contribution in [0.4, 0.5) is 27.7 Å². The molecule has 0 aliphatic heterocycles. The molecule has 3 amide bonds. The molecule has 3 heterocycles. The van der Waals surface area contributed by atoms with E-state index in [-0.39, 0.29) is 11.9 Å². The second-order valence-corrected chi connectivity index (χ2v) is 8.67. The summed E-state index contributed by atoms with van der Waals surface area (Å²) in [7, 11) is 1.84. The third-order valence-corrected chi connectivity index (χ3v) is 6.33. The maximum atomic E-state index is 13.1. The molecule has 0 saturated heterocycles. The zero-order valence-corrected chi connectivity index (χ0v) is 19.5. The van der Waals surface area contributed by atoms with Crippen LogP contribution < -0.4 is 21.7 Å². The van der Waals surface area contributed by atoms with Gasteiger partial charge in [-0.15, -0.1) is 11.3 Å². The summed E-state index contributed by atoms with van der Waals surface area (Å²) in [4.78, 5) is 29.6. The molecular formula is C25H21N7O2S. The van der Waals surface area contributed by atoms with Crippen LogP contribution in [0, 0.1) is 0 Å². The summed E-state index contributed by atoms with van der Waals surface area (Å²) in [5, 5.41) is 15.0. The number of nitrogens with zero attached hydrogens (tertiary/aromatic N) is 3. The lowest BCUT2D eigenvalue weighted by Gasteiger charge is -2.09. The predicted molar refractivity (Wildman–Crippen MR) is 140 cm³/mol. The highest BCUT2D eigenvalue weighted by atomic mass is 32.1. The van der Waals surface area contributed by atoms with Gasteiger partial charge in [-0.3, -0.25) is 9.48 Å². The van der Waals surface area contributed by atoms with Crippen LogP contribution in [0.2, 0.25) is 0 Å². The van der Waals surface area contributed by atoms with Gasteiger partial charge >= 0.3 is 6.03 Å². The van der Waals surface area contributed by atoms with Gasteiger partial charge in [-0.05, 0) is 36.4 Å². The second kappa shape index (κ2) is 9.27. The summed E-state index contributed by atoms with van der Waals surface area (Å²) < 4.78 is 2.59. The molecule has 0 unspecified atom stereocenters. The van der Waals surface area contributed by atoms with Gasteiger partial charge in [-0.2, -0.15) is 5.10 Å². The quantitative estimate of drug-likeness (QED) is 0.274. The number of hydrogen-bond donors (Lipinski definition) is 4. The number of carbonyl (C=O) groups excluding carboxylic acids is 2. The van der Waals surface area contributed by atoms with Gasteiger partial charge < -0.3 is 21.7 Å². The molecule has 10 heteroatoms. The number of fused-ring (bicyclic) bond motifs is 1. The van der Waals surface area contributed by atoms with Crippen molar-refractivity contribution in [3.63, 3.8) is 0 Å². The van der Waals surface area contributed by atoms with Crippen LogP contribution in [-0.2, 0) is 7.05 Å². The van der Waals surface area contributed by atoms with E-state index in [0.717, 1.165) is 15.8 Å². The zero-order valence-electron chi connectivity index (χ0n) is 18.6. The first-order valence-corrected chi connectivity index (χ1v) is 11.5. The summed E-state index contributed by atoms with van der Waals surface area (Å²) in [5.74, 6) is -0.00127. The number of rotatable bonds is 5. The van der Waals surface area contributed by atoms with Crippen molar-refractivity contribution in [3.05, 3.63) is 84.1 Å². The predicted octanol–water partition coefficient (Wildman–Crippen LogP) is 5.18. The molecule has 0 spiro atoms. The van der Waals surface area contributed by atoms with E-state index < -0.39 is 0 Å². The maximum absolute atomic E-state index is 13.1. The molecule has 0 aliphatic carbocycles. The highest BCUT2D eigenvalue weighted by Crippen LogP contribution is 2.37. The Kier molecular flexibility index (Phi) is 5.86. The lowest BCUT2D eigenvalue weighted by atomic mass is 10.1. The number of amides is 3. The molecule has 0 aliphatic rings. The monoisotopic (exact) mass is 483 g/mol. The highest BCUT2D eigenvalue weighted by molar-refractivity contribution is 7.18. The van der Waals surface area contributed by atoms with Crippen LogP contribution in [0.15, 0.2) is 78.6 Å². The summed E-state index contributed by atoms with van der Waals surface area (Å²) >= 11 is 1.44. The van der Waals surface area contributed by atoms with Gasteiger partial charge in [0.25, 0.3) is 5.91 Å². The van der Waals surface area contributed by atoms with Crippen molar-refractivity contribution in [2.45, 2.75) is 0 Å². The Hall–Kier alpha value is -4.70. The van der Waals surface area contributed by atoms with Crippen molar-refractivity contribution in [2.24, 2.45) is 7.05 Å². The summed E-state index contributed by atoms with van der Waals surface area (Å²) in [5.41, 5.74) is 10.2. The number of anilines is 4. The normalized spacial score (nSPS) is 10.8. The fourth-order valence-electron chi connectivity index (χ4n) is 3.65. The molecule has 0 fully saturated rings. The van der Waals surface area contributed by atoms with Gasteiger partial charge in [-0.25, -0.2) is 9.78 Å². The largest absolute Gasteiger partial charge is 0.383 e. The van der Waals surface area contributed by atoms with Crippen LogP contribution in [0.25, 0.3) is 21.2 Å². The number of pyridine rings is 1. The fourth-order valence-corrected chi connectivity index (χ4v) is 4.74. The van der Waals surface area contributed by atoms with Gasteiger partial charge in [-0.1, -0.05) is 18.2 Å². The number of aryl methyl sites for hydroxylation is 1. The van der Waals surface area contributed by atoms with E-state index in [1.807, 2.05) is 31.4 Å². The topological polar surface area (TPSA) is 127 Å². The minimum atomic E-state index is -0.356. The molecule has 0 radical (unpaired) electrons. The minimum Gasteiger partial charge on any atom is -0.383 e. The molecule has 174 valence electrons. The Labute approximate surface area is 204 Å². The van der Waals surface area contributed by atoms with Crippen LogP contribution >= 0.6 is 11.3 Å². The van der Waals surface area contributed by atoms with Gasteiger partial charge in [0, 0.05) is 63.1 Å². The van der Waals surface area contributed by atoms with E-state index in [1.165, 1.54) is 11.3 Å². The number of para-hydroxylation sites is 1. The Bertz CT molecular complexity index is 1530. The number of thiophene rings is 1. The third kappa shape index (κ3) is 4.68. The average Bonchev–Trinajstić information content (AvgIpc) is 3.49. The molecule has 0 atom stereocenters. The zero-order chi connectivity index (χ0) is 24.4. The van der Waals surface area contributed by atoms with E-state index in [0.29, 0.717) is 33.8 Å². The van der Waals surface area contributed by atoms with Gasteiger partial charge in [0.1, 0.15) is 5.82 Å². The first-order valence-electron chi connectivity index (χ1n) is 10.7. The number of benzene rings is 2. The molecule has 5 rings (SSSR count). The lowest BCUT2D eigenvalue weighted by Crippen LogP contribution is -2.19. The van der Waals surface area contributed by atoms with Crippen molar-refractivity contribution in [1.29, 1.82) is 0 Å². The van der Waals surface area contributed by atoms with Crippen LogP contribution in [-0.4, -0.2) is 26.7 Å². The molecule has 35 heavy (non-hydrogen) atoms. The van der Waals surface area contributed by atoms with Crippen LogP contribution in [0.3, 0.4) is 0 Å². The Morgan fingerprint density at radius 1 is 0.914 bits per heavy atom. The van der Waals surface area contributed by atoms with Gasteiger partial charge in [0.15, 0.2) is 0 Å². The Morgan fingerprint density at radius 2 is 1.57 bits per heavy atom. The lowest BCUT2D eigenvalue weighted by molar-refractivity contribution is 0.102. The average molecular weight is 484 g/mol. The Balaban J connectivity index is 1.31. The first kappa shape index (κ1) is 22.1. The number of urea groups is 1. The number of nitrogens with two attached hydrogens (primary N) is 1. The van der Waals surface area contributed by atoms with Crippen LogP contribution in [0.1, 0.15) is 10.4 Å². The number of carbonyl (C=O) groups is 2. The van der Waals surface area contributed by atoms with Gasteiger partial charge in [0.2, 0.25) is 0 Å². The molecule has 2 aromatic carbocycles. The Morgan fingerprint density at radius 3 is 2.23 bits per heavy atom. The number of aromatic nitrogens is 3. The molecule has 3 aromatic heterocycles. The SMILES string of the molecule is Cn1cc(-c2cnc(N)c3c(C(=O)Nc4ccc(NC(=O)Nc5ccccc5)cc4)csc23)cn1. The van der Waals surface area contributed by atoms with Crippen molar-refractivity contribution < 1.29 is 9.59 Å². The highest BCUT2D eigenvalue weighted by Gasteiger charge is 2.19. The second-order valence-electron chi connectivity index (χ2n) is 7.79. The molecule has 0 saturated carbocycles. The number of hydrogen-bond acceptors (Lipinski definition) is 6. The minimum absolute atomic E-state index is 0.294. The molecule has 5 aromatic rings. The van der Waals surface area contributed by atoms with Crippen molar-refractivity contribution in [3.8, 4) is 11.1 Å². The van der Waals surface area contributed by atoms with E-state index in [4.69, 9.17) is 5.73 Å². The standard InChI is InChI=1S/C25H21N7O2S/c1-32-13-15(11-28-32)19-12-27-23(26)21-20(14-35-22(19)21)24(33)29-17-7-9-18(10-8-17)31-25(34)30-16-5-3-2-4-6-16/h2-14H,1H3,(H2,26,27)(H,29,33)(H2,30,31,34). The smallest absolute Gasteiger partial charge is 0.323 e. The molecular weight excluding hydrogens is 462 g/mol. The third-order valence-electron chi connectivity index (χ3n) is 5.32. The van der Waals surface area contributed by atoms with Gasteiger partial charge in [0.05, 0.1) is 11.8 Å². The fraction of sp³-hybridized carbons (Fsp3) is 0.0400. The number of nitrogen functional groups attached to an aromatic ring is 1. The summed E-state index contributed by atoms with van der Waals surface area (Å²) in [6, 6.07) is 15.7.